The van der Waals surface area contributed by atoms with E-state index in [0.29, 0.717) is 6.04 Å². The molecule has 19 heavy (non-hydrogen) atoms. The summed E-state index contributed by atoms with van der Waals surface area (Å²) in [5, 5.41) is 1.41. The van der Waals surface area contributed by atoms with E-state index < -0.39 is 0 Å². The normalized spacial score (nSPS) is 21.5. The lowest BCUT2D eigenvalue weighted by molar-refractivity contribution is -0.121. The minimum atomic E-state index is 0.308. The predicted molar refractivity (Wildman–Crippen MR) is 75.1 cm³/mol. The number of fused-ring (bicyclic) bond motifs is 3. The van der Waals surface area contributed by atoms with Gasteiger partial charge in [0.2, 0.25) is 6.41 Å². The van der Waals surface area contributed by atoms with Gasteiger partial charge in [0.05, 0.1) is 6.04 Å². The molecule has 3 nitrogen and oxygen atoms in total. The molecule has 98 valence electrons. The maximum Gasteiger partial charge on any atom is 0.210 e. The van der Waals surface area contributed by atoms with Gasteiger partial charge in [-0.25, -0.2) is 0 Å². The van der Waals surface area contributed by atoms with Crippen LogP contribution in [0.1, 0.15) is 35.7 Å². The zero-order valence-corrected chi connectivity index (χ0v) is 11.2. The molecule has 0 saturated carbocycles. The Morgan fingerprint density at radius 2 is 2.21 bits per heavy atom. The summed E-state index contributed by atoms with van der Waals surface area (Å²) < 4.78 is 2.45. The standard InChI is InChI=1S/C16H18N2O/c1-11-5-6-14-13(9-11)12-3-2-4-15-16(12)18(14)8-7-17(15)10-19/h5-6,9-10,15H,2-4,7-8H2,1H3/t15-/m1/s1. The van der Waals surface area contributed by atoms with Crippen molar-refractivity contribution in [2.24, 2.45) is 0 Å². The fourth-order valence-electron chi connectivity index (χ4n) is 3.87. The second-order valence-corrected chi connectivity index (χ2v) is 5.79. The van der Waals surface area contributed by atoms with Crippen molar-refractivity contribution in [2.45, 2.75) is 38.8 Å². The van der Waals surface area contributed by atoms with Crippen molar-refractivity contribution >= 4 is 17.3 Å². The largest absolute Gasteiger partial charge is 0.341 e. The SMILES string of the molecule is Cc1ccc2c(c1)c1c3n2CCN(C=O)[C@@H]3CCC1. The molecule has 0 bridgehead atoms. The van der Waals surface area contributed by atoms with Gasteiger partial charge in [-0.1, -0.05) is 11.6 Å². The van der Waals surface area contributed by atoms with E-state index in [1.54, 1.807) is 0 Å². The number of amides is 1. The van der Waals surface area contributed by atoms with Crippen LogP contribution in [-0.2, 0) is 17.8 Å². The van der Waals surface area contributed by atoms with Crippen LogP contribution in [0, 0.1) is 6.92 Å². The molecule has 2 aromatic rings. The van der Waals surface area contributed by atoms with Crippen molar-refractivity contribution in [2.75, 3.05) is 6.54 Å². The topological polar surface area (TPSA) is 25.2 Å². The molecule has 0 radical (unpaired) electrons. The lowest BCUT2D eigenvalue weighted by Crippen LogP contribution is -2.38. The number of hydrogen-bond acceptors (Lipinski definition) is 1. The van der Waals surface area contributed by atoms with Crippen molar-refractivity contribution in [1.29, 1.82) is 0 Å². The van der Waals surface area contributed by atoms with Crippen LogP contribution < -0.4 is 0 Å². The lowest BCUT2D eigenvalue weighted by Gasteiger charge is -2.37. The highest BCUT2D eigenvalue weighted by molar-refractivity contribution is 5.87. The van der Waals surface area contributed by atoms with Crippen LogP contribution in [-0.4, -0.2) is 22.4 Å². The fourth-order valence-corrected chi connectivity index (χ4v) is 3.87. The number of carbonyl (C=O) groups is 1. The molecular weight excluding hydrogens is 236 g/mol. The van der Waals surface area contributed by atoms with Gasteiger partial charge in [0.25, 0.3) is 0 Å². The molecule has 1 amide bonds. The van der Waals surface area contributed by atoms with Crippen LogP contribution in [0.2, 0.25) is 0 Å². The lowest BCUT2D eigenvalue weighted by atomic mass is 9.90. The van der Waals surface area contributed by atoms with Gasteiger partial charge in [-0.05, 0) is 43.9 Å². The summed E-state index contributed by atoms with van der Waals surface area (Å²) in [5.74, 6) is 0. The summed E-state index contributed by atoms with van der Waals surface area (Å²) in [6, 6.07) is 7.06. The smallest absolute Gasteiger partial charge is 0.210 e. The number of benzene rings is 1. The summed E-state index contributed by atoms with van der Waals surface area (Å²) in [4.78, 5) is 13.3. The fraction of sp³-hybridized carbons (Fsp3) is 0.438. The molecule has 0 unspecified atom stereocenters. The van der Waals surface area contributed by atoms with Crippen LogP contribution in [0.3, 0.4) is 0 Å². The molecule has 0 saturated heterocycles. The Labute approximate surface area is 112 Å². The molecule has 1 aromatic carbocycles. The molecule has 1 aliphatic carbocycles. The molecule has 0 N–H and O–H groups in total. The van der Waals surface area contributed by atoms with E-state index in [1.165, 1.54) is 34.1 Å². The van der Waals surface area contributed by atoms with Crippen molar-refractivity contribution in [3.8, 4) is 0 Å². The molecule has 0 fully saturated rings. The Morgan fingerprint density at radius 1 is 1.32 bits per heavy atom. The van der Waals surface area contributed by atoms with E-state index in [0.717, 1.165) is 32.3 Å². The first kappa shape index (κ1) is 11.1. The number of aryl methyl sites for hydroxylation is 2. The molecule has 2 aliphatic rings. The molecule has 0 spiro atoms. The average molecular weight is 254 g/mol. The van der Waals surface area contributed by atoms with E-state index in [1.807, 2.05) is 4.90 Å². The van der Waals surface area contributed by atoms with Crippen molar-refractivity contribution in [3.05, 3.63) is 35.0 Å². The minimum absolute atomic E-state index is 0.308. The second kappa shape index (κ2) is 3.86. The predicted octanol–water partition coefficient (Wildman–Crippen LogP) is 2.80. The first-order valence-electron chi connectivity index (χ1n) is 7.12. The number of carbonyl (C=O) groups excluding carboxylic acids is 1. The molecule has 3 heteroatoms. The van der Waals surface area contributed by atoms with Gasteiger partial charge >= 0.3 is 0 Å². The number of rotatable bonds is 1. The quantitative estimate of drug-likeness (QED) is 0.718. The Morgan fingerprint density at radius 3 is 3.05 bits per heavy atom. The third kappa shape index (κ3) is 1.41. The molecule has 1 atom stereocenters. The minimum Gasteiger partial charge on any atom is -0.341 e. The zero-order valence-electron chi connectivity index (χ0n) is 11.2. The highest BCUT2D eigenvalue weighted by Gasteiger charge is 2.33. The van der Waals surface area contributed by atoms with Crippen LogP contribution >= 0.6 is 0 Å². The molecule has 1 aromatic heterocycles. The van der Waals surface area contributed by atoms with Crippen LogP contribution in [0.4, 0.5) is 0 Å². The number of aromatic nitrogens is 1. The molecule has 2 heterocycles. The Bertz CT molecular complexity index is 671. The van der Waals surface area contributed by atoms with E-state index in [2.05, 4.69) is 29.7 Å². The monoisotopic (exact) mass is 254 g/mol. The highest BCUT2D eigenvalue weighted by Crippen LogP contribution is 2.42. The first-order chi connectivity index (χ1) is 9.29. The number of nitrogens with zero attached hydrogens (tertiary/aromatic N) is 2. The van der Waals surface area contributed by atoms with Gasteiger partial charge in [-0.2, -0.15) is 0 Å². The van der Waals surface area contributed by atoms with E-state index in [9.17, 15) is 4.79 Å². The molecule has 1 aliphatic heterocycles. The third-order valence-corrected chi connectivity index (χ3v) is 4.71. The van der Waals surface area contributed by atoms with Crippen molar-refractivity contribution in [1.82, 2.24) is 9.47 Å². The maximum absolute atomic E-state index is 11.3. The van der Waals surface area contributed by atoms with Crippen LogP contribution in [0.5, 0.6) is 0 Å². The van der Waals surface area contributed by atoms with E-state index >= 15 is 0 Å². The molecular formula is C16H18N2O. The summed E-state index contributed by atoms with van der Waals surface area (Å²) in [6.07, 6.45) is 4.49. The van der Waals surface area contributed by atoms with Gasteiger partial charge < -0.3 is 9.47 Å². The van der Waals surface area contributed by atoms with Gasteiger partial charge in [-0.15, -0.1) is 0 Å². The van der Waals surface area contributed by atoms with Crippen LogP contribution in [0.25, 0.3) is 10.9 Å². The summed E-state index contributed by atoms with van der Waals surface area (Å²) in [5.41, 5.74) is 5.57. The van der Waals surface area contributed by atoms with E-state index in [4.69, 9.17) is 0 Å². The third-order valence-electron chi connectivity index (χ3n) is 4.71. The van der Waals surface area contributed by atoms with Gasteiger partial charge in [0.15, 0.2) is 0 Å². The summed E-state index contributed by atoms with van der Waals surface area (Å²) >= 11 is 0. The summed E-state index contributed by atoms with van der Waals surface area (Å²) in [7, 11) is 0. The highest BCUT2D eigenvalue weighted by atomic mass is 16.1. The zero-order chi connectivity index (χ0) is 13.0. The van der Waals surface area contributed by atoms with E-state index in [-0.39, 0.29) is 0 Å². The second-order valence-electron chi connectivity index (χ2n) is 5.79. The molecule has 4 rings (SSSR count). The van der Waals surface area contributed by atoms with Gasteiger partial charge in [-0.3, -0.25) is 4.79 Å². The average Bonchev–Trinajstić information content (AvgIpc) is 2.75. The number of hydrogen-bond donors (Lipinski definition) is 0. The maximum atomic E-state index is 11.3. The van der Waals surface area contributed by atoms with Gasteiger partial charge in [0.1, 0.15) is 0 Å². The van der Waals surface area contributed by atoms with Gasteiger partial charge in [0, 0.05) is 29.7 Å². The Balaban J connectivity index is 2.04. The first-order valence-corrected chi connectivity index (χ1v) is 7.12. The van der Waals surface area contributed by atoms with Crippen LogP contribution in [0.15, 0.2) is 18.2 Å². The Kier molecular flexibility index (Phi) is 2.25. The Hall–Kier alpha value is -1.77. The van der Waals surface area contributed by atoms with Crippen molar-refractivity contribution in [3.63, 3.8) is 0 Å². The van der Waals surface area contributed by atoms with Crippen molar-refractivity contribution < 1.29 is 4.79 Å². The summed E-state index contributed by atoms with van der Waals surface area (Å²) in [6.45, 7) is 3.93.